The third-order valence-corrected chi connectivity index (χ3v) is 5.01. The van der Waals surface area contributed by atoms with Crippen molar-refractivity contribution >= 4 is 45.1 Å². The lowest BCUT2D eigenvalue weighted by Gasteiger charge is -2.21. The number of carbonyl (C=O) groups is 1. The van der Waals surface area contributed by atoms with Crippen LogP contribution in [0.4, 0.5) is 11.4 Å². The maximum atomic E-state index is 12.1. The van der Waals surface area contributed by atoms with Crippen molar-refractivity contribution in [1.82, 2.24) is 5.43 Å². The molecular weight excluding hydrogens is 388 g/mol. The summed E-state index contributed by atoms with van der Waals surface area (Å²) >= 11 is 5.82. The lowest BCUT2D eigenvalue weighted by Crippen LogP contribution is -2.38. The molecular formula is C18H21ClN4O3S. The highest BCUT2D eigenvalue weighted by Gasteiger charge is 2.20. The lowest BCUT2D eigenvalue weighted by atomic mass is 10.2. The molecule has 0 atom stereocenters. The van der Waals surface area contributed by atoms with E-state index in [4.69, 9.17) is 11.6 Å². The van der Waals surface area contributed by atoms with Gasteiger partial charge in [-0.1, -0.05) is 23.7 Å². The van der Waals surface area contributed by atoms with Gasteiger partial charge in [0.05, 0.1) is 18.2 Å². The van der Waals surface area contributed by atoms with Gasteiger partial charge in [-0.3, -0.25) is 9.10 Å². The standard InChI is InChI=1S/C18H21ClN4O3S/c1-22(2)16-8-4-14(5-9-16)12-20-21-18(24)13-23(27(3,25)26)17-10-6-15(19)7-11-17/h4-12H,13H2,1-3H3,(H,21,24)/b20-12-. The van der Waals surface area contributed by atoms with Crippen molar-refractivity contribution in [3.63, 3.8) is 0 Å². The maximum Gasteiger partial charge on any atom is 0.260 e. The number of amides is 1. The highest BCUT2D eigenvalue weighted by atomic mass is 35.5. The molecule has 2 rings (SSSR count). The van der Waals surface area contributed by atoms with Crippen LogP contribution in [0.5, 0.6) is 0 Å². The fourth-order valence-corrected chi connectivity index (χ4v) is 3.19. The molecule has 2 aromatic carbocycles. The SMILES string of the molecule is CN(C)c1ccc(/C=N\NC(=O)CN(c2ccc(Cl)cc2)S(C)(=O)=O)cc1. The molecule has 2 aromatic rings. The van der Waals surface area contributed by atoms with Crippen molar-refractivity contribution in [2.45, 2.75) is 0 Å². The van der Waals surface area contributed by atoms with Crippen molar-refractivity contribution < 1.29 is 13.2 Å². The Morgan fingerprint density at radius 1 is 1.07 bits per heavy atom. The molecule has 0 aliphatic rings. The summed E-state index contributed by atoms with van der Waals surface area (Å²) in [5.41, 5.74) is 4.54. The number of hydrogen-bond donors (Lipinski definition) is 1. The number of rotatable bonds is 7. The summed E-state index contributed by atoms with van der Waals surface area (Å²) in [4.78, 5) is 14.1. The zero-order valence-electron chi connectivity index (χ0n) is 15.3. The largest absolute Gasteiger partial charge is 0.378 e. The third-order valence-electron chi connectivity index (χ3n) is 3.61. The molecule has 7 nitrogen and oxygen atoms in total. The molecule has 0 saturated heterocycles. The molecule has 0 aliphatic heterocycles. The van der Waals surface area contributed by atoms with Crippen LogP contribution < -0.4 is 14.6 Å². The number of carbonyl (C=O) groups excluding carboxylic acids is 1. The Labute approximate surface area is 164 Å². The van der Waals surface area contributed by atoms with Crippen LogP contribution in [-0.2, 0) is 14.8 Å². The van der Waals surface area contributed by atoms with Crippen LogP contribution in [0.1, 0.15) is 5.56 Å². The second-order valence-corrected chi connectivity index (χ2v) is 8.37. The topological polar surface area (TPSA) is 82.1 Å². The number of anilines is 2. The predicted molar refractivity (Wildman–Crippen MR) is 110 cm³/mol. The zero-order chi connectivity index (χ0) is 20.0. The van der Waals surface area contributed by atoms with E-state index in [0.717, 1.165) is 21.8 Å². The van der Waals surface area contributed by atoms with E-state index in [2.05, 4.69) is 10.5 Å². The van der Waals surface area contributed by atoms with E-state index in [1.165, 1.54) is 18.3 Å². The quantitative estimate of drug-likeness (QED) is 0.563. The molecule has 0 heterocycles. The molecule has 0 unspecified atom stereocenters. The van der Waals surface area contributed by atoms with Gasteiger partial charge in [-0.05, 0) is 42.0 Å². The molecule has 0 bridgehead atoms. The van der Waals surface area contributed by atoms with E-state index in [1.54, 1.807) is 12.1 Å². The molecule has 0 fully saturated rings. The number of hydrazone groups is 1. The summed E-state index contributed by atoms with van der Waals surface area (Å²) in [6.45, 7) is -0.391. The summed E-state index contributed by atoms with van der Waals surface area (Å²) in [5.74, 6) is -0.559. The average Bonchev–Trinajstić information content (AvgIpc) is 2.60. The maximum absolute atomic E-state index is 12.1. The van der Waals surface area contributed by atoms with Crippen molar-refractivity contribution in [2.24, 2.45) is 5.10 Å². The molecule has 0 spiro atoms. The van der Waals surface area contributed by atoms with Gasteiger partial charge < -0.3 is 4.90 Å². The van der Waals surface area contributed by atoms with E-state index < -0.39 is 22.5 Å². The third kappa shape index (κ3) is 6.26. The van der Waals surface area contributed by atoms with Gasteiger partial charge >= 0.3 is 0 Å². The lowest BCUT2D eigenvalue weighted by molar-refractivity contribution is -0.119. The summed E-state index contributed by atoms with van der Waals surface area (Å²) in [7, 11) is 0.241. The molecule has 0 saturated carbocycles. The van der Waals surface area contributed by atoms with E-state index in [9.17, 15) is 13.2 Å². The van der Waals surface area contributed by atoms with Crippen LogP contribution in [0, 0.1) is 0 Å². The molecule has 0 aliphatic carbocycles. The Kier molecular flexibility index (Phi) is 6.81. The Morgan fingerprint density at radius 3 is 2.15 bits per heavy atom. The summed E-state index contributed by atoms with van der Waals surface area (Å²) in [6, 6.07) is 13.8. The van der Waals surface area contributed by atoms with Crippen molar-refractivity contribution in [3.8, 4) is 0 Å². The number of nitrogens with one attached hydrogen (secondary N) is 1. The fraction of sp³-hybridized carbons (Fsp3) is 0.222. The smallest absolute Gasteiger partial charge is 0.260 e. The molecule has 9 heteroatoms. The highest BCUT2D eigenvalue weighted by Crippen LogP contribution is 2.20. The van der Waals surface area contributed by atoms with Crippen LogP contribution in [0.3, 0.4) is 0 Å². The second-order valence-electron chi connectivity index (χ2n) is 6.03. The van der Waals surface area contributed by atoms with Gasteiger partial charge in [-0.15, -0.1) is 0 Å². The van der Waals surface area contributed by atoms with Gasteiger partial charge in [-0.25, -0.2) is 13.8 Å². The number of benzene rings is 2. The van der Waals surface area contributed by atoms with Crippen molar-refractivity contribution in [3.05, 3.63) is 59.1 Å². The summed E-state index contributed by atoms with van der Waals surface area (Å²) in [5, 5.41) is 4.35. The Hall–Kier alpha value is -2.58. The Bertz CT molecular complexity index is 911. The van der Waals surface area contributed by atoms with Crippen molar-refractivity contribution in [1.29, 1.82) is 0 Å². The van der Waals surface area contributed by atoms with Gasteiger partial charge in [0.25, 0.3) is 5.91 Å². The first kappa shape index (κ1) is 20.7. The van der Waals surface area contributed by atoms with Gasteiger partial charge in [0.15, 0.2) is 0 Å². The van der Waals surface area contributed by atoms with Gasteiger partial charge in [0.2, 0.25) is 10.0 Å². The molecule has 144 valence electrons. The van der Waals surface area contributed by atoms with E-state index in [1.807, 2.05) is 43.3 Å². The Morgan fingerprint density at radius 2 is 1.63 bits per heavy atom. The average molecular weight is 409 g/mol. The second kappa shape index (κ2) is 8.88. The minimum Gasteiger partial charge on any atom is -0.378 e. The first-order valence-electron chi connectivity index (χ1n) is 7.99. The molecule has 0 aromatic heterocycles. The highest BCUT2D eigenvalue weighted by molar-refractivity contribution is 7.92. The van der Waals surface area contributed by atoms with Crippen LogP contribution >= 0.6 is 11.6 Å². The predicted octanol–water partition coefficient (Wildman–Crippen LogP) is 2.32. The van der Waals surface area contributed by atoms with Crippen LogP contribution in [0.25, 0.3) is 0 Å². The van der Waals surface area contributed by atoms with E-state index in [-0.39, 0.29) is 0 Å². The van der Waals surface area contributed by atoms with Crippen molar-refractivity contribution in [2.75, 3.05) is 36.1 Å². The number of halogens is 1. The van der Waals surface area contributed by atoms with Crippen LogP contribution in [0.2, 0.25) is 5.02 Å². The monoisotopic (exact) mass is 408 g/mol. The zero-order valence-corrected chi connectivity index (χ0v) is 16.8. The van der Waals surface area contributed by atoms with Crippen LogP contribution in [-0.4, -0.2) is 47.4 Å². The minimum atomic E-state index is -3.64. The first-order valence-corrected chi connectivity index (χ1v) is 10.2. The summed E-state index contributed by atoms with van der Waals surface area (Å²) in [6.07, 6.45) is 2.52. The number of nitrogens with zero attached hydrogens (tertiary/aromatic N) is 3. The number of sulfonamides is 1. The van der Waals surface area contributed by atoms with Gasteiger partial charge in [0, 0.05) is 24.8 Å². The van der Waals surface area contributed by atoms with Gasteiger partial charge in [-0.2, -0.15) is 5.10 Å². The van der Waals surface area contributed by atoms with E-state index in [0.29, 0.717) is 10.7 Å². The fourth-order valence-electron chi connectivity index (χ4n) is 2.21. The minimum absolute atomic E-state index is 0.348. The van der Waals surface area contributed by atoms with Crippen LogP contribution in [0.15, 0.2) is 53.6 Å². The molecule has 1 amide bonds. The Balaban J connectivity index is 2.02. The molecule has 1 N–H and O–H groups in total. The van der Waals surface area contributed by atoms with E-state index >= 15 is 0 Å². The first-order chi connectivity index (χ1) is 12.7. The molecule has 0 radical (unpaired) electrons. The summed E-state index contributed by atoms with van der Waals surface area (Å²) < 4.78 is 25.0. The van der Waals surface area contributed by atoms with Gasteiger partial charge in [0.1, 0.15) is 6.54 Å². The molecule has 27 heavy (non-hydrogen) atoms. The normalized spacial score (nSPS) is 11.4. The number of hydrogen-bond acceptors (Lipinski definition) is 5.